The van der Waals surface area contributed by atoms with Crippen molar-refractivity contribution in [3.8, 4) is 0 Å². The first-order valence-corrected chi connectivity index (χ1v) is 6.77. The second kappa shape index (κ2) is 5.25. The van der Waals surface area contributed by atoms with Crippen molar-refractivity contribution in [3.05, 3.63) is 41.8 Å². The first kappa shape index (κ1) is 12.0. The maximum absolute atomic E-state index is 11.5. The Kier molecular flexibility index (Phi) is 3.71. The monoisotopic (exact) mass is 267 g/mol. The fraction of sp³-hybridized carbons (Fsp3) is 0.0909. The van der Waals surface area contributed by atoms with Gasteiger partial charge in [0.15, 0.2) is 0 Å². The Morgan fingerprint density at radius 2 is 2.06 bits per heavy atom. The first-order chi connectivity index (χ1) is 8.16. The van der Waals surface area contributed by atoms with E-state index in [1.807, 2.05) is 18.2 Å². The van der Waals surface area contributed by atoms with Crippen LogP contribution in [0.5, 0.6) is 0 Å². The van der Waals surface area contributed by atoms with Crippen LogP contribution in [0.4, 0.5) is 11.5 Å². The van der Waals surface area contributed by atoms with Crippen LogP contribution in [0.15, 0.2) is 41.6 Å². The third-order valence-electron chi connectivity index (χ3n) is 2.09. The Morgan fingerprint density at radius 3 is 2.76 bits per heavy atom. The molecule has 1 unspecified atom stereocenters. The SMILES string of the molecule is CS(=O)c1ccccc1Nc1cc(Cl)ncn1. The van der Waals surface area contributed by atoms with Crippen molar-refractivity contribution < 1.29 is 4.21 Å². The fourth-order valence-corrected chi connectivity index (χ4v) is 2.21. The molecule has 1 atom stereocenters. The molecule has 6 heteroatoms. The van der Waals surface area contributed by atoms with E-state index in [9.17, 15) is 4.21 Å². The maximum atomic E-state index is 11.5. The first-order valence-electron chi connectivity index (χ1n) is 4.84. The number of aromatic nitrogens is 2. The topological polar surface area (TPSA) is 54.9 Å². The molecule has 2 rings (SSSR count). The van der Waals surface area contributed by atoms with E-state index in [1.165, 1.54) is 6.33 Å². The Hall–Kier alpha value is -1.46. The van der Waals surface area contributed by atoms with Crippen molar-refractivity contribution in [2.75, 3.05) is 11.6 Å². The third-order valence-corrected chi connectivity index (χ3v) is 3.28. The summed E-state index contributed by atoms with van der Waals surface area (Å²) in [4.78, 5) is 8.55. The lowest BCUT2D eigenvalue weighted by molar-refractivity contribution is 0.687. The summed E-state index contributed by atoms with van der Waals surface area (Å²) in [7, 11) is -1.06. The maximum Gasteiger partial charge on any atom is 0.135 e. The van der Waals surface area contributed by atoms with Gasteiger partial charge in [-0.2, -0.15) is 0 Å². The molecule has 0 aliphatic carbocycles. The van der Waals surface area contributed by atoms with Crippen molar-refractivity contribution >= 4 is 33.9 Å². The predicted octanol–water partition coefficient (Wildman–Crippen LogP) is 2.61. The van der Waals surface area contributed by atoms with Gasteiger partial charge in [0.05, 0.1) is 21.4 Å². The van der Waals surface area contributed by atoms with Crippen LogP contribution in [0.2, 0.25) is 5.15 Å². The number of nitrogens with one attached hydrogen (secondary N) is 1. The van der Waals surface area contributed by atoms with Crippen molar-refractivity contribution in [1.29, 1.82) is 0 Å². The minimum atomic E-state index is -1.06. The zero-order chi connectivity index (χ0) is 12.3. The van der Waals surface area contributed by atoms with E-state index in [0.717, 1.165) is 10.6 Å². The molecule has 0 spiro atoms. The molecular weight excluding hydrogens is 258 g/mol. The standard InChI is InChI=1S/C11H10ClN3OS/c1-17(16)9-5-3-2-4-8(9)15-11-6-10(12)13-7-14-11/h2-7H,1H3,(H,13,14,15). The molecule has 1 aromatic heterocycles. The van der Waals surface area contributed by atoms with Crippen LogP contribution in [-0.2, 0) is 10.8 Å². The lowest BCUT2D eigenvalue weighted by atomic mass is 10.3. The zero-order valence-electron chi connectivity index (χ0n) is 9.05. The molecule has 4 nitrogen and oxygen atoms in total. The molecule has 0 bridgehead atoms. The Labute approximate surface area is 107 Å². The van der Waals surface area contributed by atoms with Crippen LogP contribution in [0.3, 0.4) is 0 Å². The molecule has 1 aromatic carbocycles. The summed E-state index contributed by atoms with van der Waals surface area (Å²) in [6.45, 7) is 0. The smallest absolute Gasteiger partial charge is 0.135 e. The Bertz CT molecular complexity index is 562. The Balaban J connectivity index is 2.33. The van der Waals surface area contributed by atoms with Gasteiger partial charge >= 0.3 is 0 Å². The van der Waals surface area contributed by atoms with Crippen LogP contribution >= 0.6 is 11.6 Å². The van der Waals surface area contributed by atoms with E-state index in [4.69, 9.17) is 11.6 Å². The number of hydrogen-bond donors (Lipinski definition) is 1. The lowest BCUT2D eigenvalue weighted by Gasteiger charge is -2.09. The minimum absolute atomic E-state index is 0.359. The quantitative estimate of drug-likeness (QED) is 0.869. The molecular formula is C11H10ClN3OS. The summed E-state index contributed by atoms with van der Waals surface area (Å²) >= 11 is 5.76. The molecule has 0 saturated carbocycles. The van der Waals surface area contributed by atoms with Gasteiger partial charge in [-0.3, -0.25) is 4.21 Å². The van der Waals surface area contributed by atoms with Gasteiger partial charge in [-0.25, -0.2) is 9.97 Å². The highest BCUT2D eigenvalue weighted by Crippen LogP contribution is 2.22. The van der Waals surface area contributed by atoms with Gasteiger partial charge in [-0.1, -0.05) is 23.7 Å². The third kappa shape index (κ3) is 3.01. The predicted molar refractivity (Wildman–Crippen MR) is 69.1 cm³/mol. The van der Waals surface area contributed by atoms with Crippen molar-refractivity contribution in [3.63, 3.8) is 0 Å². The van der Waals surface area contributed by atoms with Crippen LogP contribution in [-0.4, -0.2) is 20.4 Å². The van der Waals surface area contributed by atoms with Crippen LogP contribution in [0.1, 0.15) is 0 Å². The van der Waals surface area contributed by atoms with Gasteiger partial charge in [0.25, 0.3) is 0 Å². The van der Waals surface area contributed by atoms with Gasteiger partial charge in [0.2, 0.25) is 0 Å². The number of anilines is 2. The average molecular weight is 268 g/mol. The number of hydrogen-bond acceptors (Lipinski definition) is 4. The van der Waals surface area contributed by atoms with Gasteiger partial charge < -0.3 is 5.32 Å². The molecule has 17 heavy (non-hydrogen) atoms. The molecule has 0 aliphatic heterocycles. The number of para-hydroxylation sites is 1. The summed E-state index contributed by atoms with van der Waals surface area (Å²) in [5, 5.41) is 3.42. The van der Waals surface area contributed by atoms with E-state index in [1.54, 1.807) is 18.4 Å². The van der Waals surface area contributed by atoms with Gasteiger partial charge in [0.1, 0.15) is 17.3 Å². The highest BCUT2D eigenvalue weighted by Gasteiger charge is 2.06. The van der Waals surface area contributed by atoms with Crippen LogP contribution in [0, 0.1) is 0 Å². The molecule has 0 radical (unpaired) electrons. The van der Waals surface area contributed by atoms with Crippen molar-refractivity contribution in [2.45, 2.75) is 4.90 Å². The lowest BCUT2D eigenvalue weighted by Crippen LogP contribution is -1.99. The molecule has 0 saturated heterocycles. The molecule has 1 heterocycles. The molecule has 0 fully saturated rings. The number of nitrogens with zero attached hydrogens (tertiary/aromatic N) is 2. The van der Waals surface area contributed by atoms with Gasteiger partial charge in [-0.05, 0) is 12.1 Å². The summed E-state index contributed by atoms with van der Waals surface area (Å²) in [6.07, 6.45) is 3.00. The van der Waals surface area contributed by atoms with Crippen molar-refractivity contribution in [1.82, 2.24) is 9.97 Å². The molecule has 0 amide bonds. The average Bonchev–Trinajstić information content (AvgIpc) is 2.29. The Morgan fingerprint density at radius 1 is 1.29 bits per heavy atom. The normalized spacial score (nSPS) is 12.1. The second-order valence-corrected chi connectivity index (χ2v) is 5.04. The summed E-state index contributed by atoms with van der Waals surface area (Å²) in [5.74, 6) is 0.572. The number of halogens is 1. The highest BCUT2D eigenvalue weighted by molar-refractivity contribution is 7.84. The van der Waals surface area contributed by atoms with Crippen LogP contribution < -0.4 is 5.32 Å². The van der Waals surface area contributed by atoms with Crippen molar-refractivity contribution in [2.24, 2.45) is 0 Å². The number of rotatable bonds is 3. The van der Waals surface area contributed by atoms with E-state index in [-0.39, 0.29) is 0 Å². The van der Waals surface area contributed by atoms with Gasteiger partial charge in [-0.15, -0.1) is 0 Å². The summed E-state index contributed by atoms with van der Waals surface area (Å²) in [6, 6.07) is 8.96. The highest BCUT2D eigenvalue weighted by atomic mass is 35.5. The molecule has 88 valence electrons. The minimum Gasteiger partial charge on any atom is -0.339 e. The summed E-state index contributed by atoms with van der Waals surface area (Å²) < 4.78 is 11.5. The molecule has 2 aromatic rings. The van der Waals surface area contributed by atoms with E-state index >= 15 is 0 Å². The zero-order valence-corrected chi connectivity index (χ0v) is 10.6. The van der Waals surface area contributed by atoms with E-state index < -0.39 is 10.8 Å². The fourth-order valence-electron chi connectivity index (χ4n) is 1.36. The number of benzene rings is 1. The largest absolute Gasteiger partial charge is 0.339 e. The van der Waals surface area contributed by atoms with E-state index in [2.05, 4.69) is 15.3 Å². The molecule has 1 N–H and O–H groups in total. The molecule has 0 aliphatic rings. The van der Waals surface area contributed by atoms with Gasteiger partial charge in [0, 0.05) is 12.3 Å². The second-order valence-electron chi connectivity index (χ2n) is 3.30. The van der Waals surface area contributed by atoms with Crippen LogP contribution in [0.25, 0.3) is 0 Å². The summed E-state index contributed by atoms with van der Waals surface area (Å²) in [5.41, 5.74) is 0.753. The van der Waals surface area contributed by atoms with E-state index in [0.29, 0.717) is 11.0 Å².